The molecule has 2 aliphatic heterocycles. The van der Waals surface area contributed by atoms with E-state index < -0.39 is 5.97 Å². The second-order valence-electron chi connectivity index (χ2n) is 9.19. The van der Waals surface area contributed by atoms with Gasteiger partial charge < -0.3 is 24.4 Å². The van der Waals surface area contributed by atoms with Gasteiger partial charge in [-0.1, -0.05) is 6.92 Å². The number of piperidine rings is 1. The fourth-order valence-electron chi connectivity index (χ4n) is 5.25. The number of carbonyl (C=O) groups is 1. The molecule has 2 aliphatic rings. The average molecular weight is 471 g/mol. The van der Waals surface area contributed by atoms with E-state index in [9.17, 15) is 14.3 Å². The monoisotopic (exact) mass is 470 g/mol. The molecular weight excluding hydrogens is 435 g/mol. The van der Waals surface area contributed by atoms with Crippen molar-refractivity contribution >= 4 is 17.3 Å². The van der Waals surface area contributed by atoms with Gasteiger partial charge in [0.1, 0.15) is 23.4 Å². The maximum absolute atomic E-state index is 14.6. The van der Waals surface area contributed by atoms with E-state index in [1.54, 1.807) is 12.1 Å². The van der Waals surface area contributed by atoms with E-state index in [0.29, 0.717) is 18.0 Å². The first-order valence-corrected chi connectivity index (χ1v) is 12.4. The van der Waals surface area contributed by atoms with Crippen LogP contribution in [0, 0.1) is 11.7 Å². The number of nitrogens with zero attached hydrogens (tertiary/aromatic N) is 2. The zero-order valence-electron chi connectivity index (χ0n) is 20.1. The van der Waals surface area contributed by atoms with E-state index in [1.165, 1.54) is 6.07 Å². The van der Waals surface area contributed by atoms with Crippen molar-refractivity contribution in [2.75, 3.05) is 36.0 Å². The fourth-order valence-corrected chi connectivity index (χ4v) is 5.25. The molecule has 7 heteroatoms. The lowest BCUT2D eigenvalue weighted by molar-refractivity contribution is -0.137. The second-order valence-corrected chi connectivity index (χ2v) is 9.19. The Morgan fingerprint density at radius 1 is 1.09 bits per heavy atom. The topological polar surface area (TPSA) is 62.2 Å². The SMILES string of the molecule is CCOc1ccc(F)c(N2CCC(Oc3ccc(N4CCC[C@@H]4CC(=O)O)cc3)C(CC)C2)c1. The van der Waals surface area contributed by atoms with Crippen LogP contribution < -0.4 is 19.3 Å². The maximum atomic E-state index is 14.6. The molecule has 2 fully saturated rings. The summed E-state index contributed by atoms with van der Waals surface area (Å²) in [5, 5.41) is 9.18. The molecule has 0 spiro atoms. The lowest BCUT2D eigenvalue weighted by Gasteiger charge is -2.39. The Bertz CT molecular complexity index is 968. The predicted octanol–water partition coefficient (Wildman–Crippen LogP) is 5.35. The standard InChI is InChI=1S/C27H35FN2O4/c1-3-19-18-29(25-17-23(33-4-2)11-12-24(25)28)15-13-26(19)34-22-9-7-20(8-10-22)30-14-5-6-21(30)16-27(31)32/h7-12,17,19,21,26H,3-6,13-16,18H2,1-2H3,(H,31,32)/t19?,21-,26?/m1/s1. The van der Waals surface area contributed by atoms with Gasteiger partial charge in [-0.25, -0.2) is 4.39 Å². The lowest BCUT2D eigenvalue weighted by Crippen LogP contribution is -2.45. The Morgan fingerprint density at radius 2 is 1.85 bits per heavy atom. The molecule has 0 radical (unpaired) electrons. The van der Waals surface area contributed by atoms with Crippen LogP contribution >= 0.6 is 0 Å². The molecular formula is C27H35FN2O4. The molecule has 2 aromatic rings. The summed E-state index contributed by atoms with van der Waals surface area (Å²) in [4.78, 5) is 15.5. The molecule has 1 N–H and O–H groups in total. The van der Waals surface area contributed by atoms with Gasteiger partial charge in [-0.05, 0) is 62.6 Å². The Labute approximate surface area is 201 Å². The van der Waals surface area contributed by atoms with Gasteiger partial charge in [-0.2, -0.15) is 0 Å². The largest absolute Gasteiger partial charge is 0.494 e. The highest BCUT2D eigenvalue weighted by Gasteiger charge is 2.31. The number of hydrogen-bond donors (Lipinski definition) is 1. The Kier molecular flexibility index (Phi) is 7.80. The van der Waals surface area contributed by atoms with E-state index in [0.717, 1.165) is 56.8 Å². The summed E-state index contributed by atoms with van der Waals surface area (Å²) in [6.07, 6.45) is 3.92. The molecule has 6 nitrogen and oxygen atoms in total. The Balaban J connectivity index is 1.39. The molecule has 0 amide bonds. The first kappa shape index (κ1) is 24.2. The molecule has 0 aliphatic carbocycles. The Hall–Kier alpha value is -2.96. The van der Waals surface area contributed by atoms with Crippen molar-refractivity contribution in [1.29, 1.82) is 0 Å². The molecule has 3 atom stereocenters. The number of aliphatic carboxylic acids is 1. The molecule has 2 aromatic carbocycles. The second kappa shape index (κ2) is 11.0. The van der Waals surface area contributed by atoms with Gasteiger partial charge in [0.05, 0.1) is 18.7 Å². The summed E-state index contributed by atoms with van der Waals surface area (Å²) in [6.45, 7) is 6.96. The maximum Gasteiger partial charge on any atom is 0.305 e. The molecule has 2 saturated heterocycles. The normalized spacial score (nSPS) is 22.6. The van der Waals surface area contributed by atoms with E-state index in [4.69, 9.17) is 9.47 Å². The Morgan fingerprint density at radius 3 is 2.56 bits per heavy atom. The number of carboxylic acid groups (broad SMARTS) is 1. The number of halogens is 1. The zero-order valence-corrected chi connectivity index (χ0v) is 20.1. The third kappa shape index (κ3) is 5.57. The van der Waals surface area contributed by atoms with Gasteiger partial charge in [0.25, 0.3) is 0 Å². The quantitative estimate of drug-likeness (QED) is 0.533. The minimum atomic E-state index is -0.752. The van der Waals surface area contributed by atoms with Crippen molar-refractivity contribution in [3.05, 3.63) is 48.3 Å². The summed E-state index contributed by atoms with van der Waals surface area (Å²) in [7, 11) is 0. The van der Waals surface area contributed by atoms with Crippen LogP contribution in [0.5, 0.6) is 11.5 Å². The molecule has 4 rings (SSSR count). The third-order valence-electron chi connectivity index (χ3n) is 7.00. The van der Waals surface area contributed by atoms with Gasteiger partial charge in [0, 0.05) is 49.8 Å². The van der Waals surface area contributed by atoms with Crippen molar-refractivity contribution in [3.63, 3.8) is 0 Å². The molecule has 0 saturated carbocycles. The third-order valence-corrected chi connectivity index (χ3v) is 7.00. The van der Waals surface area contributed by atoms with Crippen LogP contribution in [0.3, 0.4) is 0 Å². The van der Waals surface area contributed by atoms with E-state index >= 15 is 0 Å². The van der Waals surface area contributed by atoms with Crippen molar-refractivity contribution in [3.8, 4) is 11.5 Å². The van der Waals surface area contributed by atoms with Gasteiger partial charge in [-0.3, -0.25) is 4.79 Å². The summed E-state index contributed by atoms with van der Waals surface area (Å²) in [5.41, 5.74) is 1.64. The number of ether oxygens (including phenoxy) is 2. The van der Waals surface area contributed by atoms with E-state index in [2.05, 4.69) is 16.7 Å². The fraction of sp³-hybridized carbons (Fsp3) is 0.519. The van der Waals surface area contributed by atoms with Crippen LogP contribution in [0.1, 0.15) is 46.0 Å². The smallest absolute Gasteiger partial charge is 0.305 e. The molecule has 2 unspecified atom stereocenters. The first-order valence-electron chi connectivity index (χ1n) is 12.4. The van der Waals surface area contributed by atoms with Gasteiger partial charge >= 0.3 is 5.97 Å². The highest BCUT2D eigenvalue weighted by Crippen LogP contribution is 2.33. The molecule has 184 valence electrons. The summed E-state index contributed by atoms with van der Waals surface area (Å²) in [5.74, 6) is 0.810. The number of hydrogen-bond acceptors (Lipinski definition) is 5. The van der Waals surface area contributed by atoms with Crippen LogP contribution in [0.4, 0.5) is 15.8 Å². The average Bonchev–Trinajstić information content (AvgIpc) is 3.28. The molecule has 2 heterocycles. The van der Waals surface area contributed by atoms with Crippen LogP contribution in [0.2, 0.25) is 0 Å². The van der Waals surface area contributed by atoms with Crippen molar-refractivity contribution in [2.24, 2.45) is 5.92 Å². The number of anilines is 2. The highest BCUT2D eigenvalue weighted by atomic mass is 19.1. The number of carboxylic acids is 1. The minimum absolute atomic E-state index is 0.0553. The van der Waals surface area contributed by atoms with E-state index in [-0.39, 0.29) is 30.3 Å². The molecule has 34 heavy (non-hydrogen) atoms. The van der Waals surface area contributed by atoms with Crippen molar-refractivity contribution in [1.82, 2.24) is 0 Å². The van der Waals surface area contributed by atoms with Crippen LogP contribution in [0.15, 0.2) is 42.5 Å². The van der Waals surface area contributed by atoms with Crippen molar-refractivity contribution in [2.45, 2.75) is 58.1 Å². The minimum Gasteiger partial charge on any atom is -0.494 e. The van der Waals surface area contributed by atoms with Crippen LogP contribution in [0.25, 0.3) is 0 Å². The highest BCUT2D eigenvalue weighted by molar-refractivity contribution is 5.69. The van der Waals surface area contributed by atoms with E-state index in [1.807, 2.05) is 31.2 Å². The van der Waals surface area contributed by atoms with Gasteiger partial charge in [0.2, 0.25) is 0 Å². The van der Waals surface area contributed by atoms with Crippen molar-refractivity contribution < 1.29 is 23.8 Å². The van der Waals surface area contributed by atoms with Crippen LogP contribution in [-0.4, -0.2) is 49.5 Å². The predicted molar refractivity (Wildman–Crippen MR) is 132 cm³/mol. The zero-order chi connectivity index (χ0) is 24.1. The summed E-state index contributed by atoms with van der Waals surface area (Å²) >= 11 is 0. The van der Waals surface area contributed by atoms with Gasteiger partial charge in [-0.15, -0.1) is 0 Å². The van der Waals surface area contributed by atoms with Crippen LogP contribution in [-0.2, 0) is 4.79 Å². The molecule has 0 aromatic heterocycles. The summed E-state index contributed by atoms with van der Waals surface area (Å²) < 4.78 is 26.5. The first-order chi connectivity index (χ1) is 16.5. The number of rotatable bonds is 9. The number of benzene rings is 2. The molecule has 0 bridgehead atoms. The van der Waals surface area contributed by atoms with Gasteiger partial charge in [0.15, 0.2) is 0 Å². The summed E-state index contributed by atoms with van der Waals surface area (Å²) in [6, 6.07) is 13.0. The lowest BCUT2D eigenvalue weighted by atomic mass is 9.91.